The van der Waals surface area contributed by atoms with Gasteiger partial charge in [-0.3, -0.25) is 0 Å². The SMILES string of the molecule is CCCN(Cc1cccc(C(N)=NC(=O)Oc2ccccc2)c1)C(=O)Oc1ccc(-c2ccccc2S(N)(=O)=O)cc1. The summed E-state index contributed by atoms with van der Waals surface area (Å²) in [5.74, 6) is 0.621. The number of benzene rings is 4. The van der Waals surface area contributed by atoms with Crippen LogP contribution in [-0.2, 0) is 16.6 Å². The first kappa shape index (κ1) is 30.0. The maximum Gasteiger partial charge on any atom is 0.441 e. The van der Waals surface area contributed by atoms with Gasteiger partial charge in [-0.15, -0.1) is 0 Å². The van der Waals surface area contributed by atoms with Gasteiger partial charge in [0.25, 0.3) is 0 Å². The highest BCUT2D eigenvalue weighted by atomic mass is 32.2. The Bertz CT molecular complexity index is 1690. The standard InChI is InChI=1S/C31H30N4O6S/c1-2-19-35(21-22-9-8-10-24(20-22)29(32)34-30(36)40-25-11-4-3-5-12-25)31(37)41-26-17-15-23(16-18-26)27-13-6-7-14-28(27)42(33,38)39/h3-18,20H,2,19,21H2,1H3,(H2,32,34,36)(H2,33,38,39). The molecule has 0 atom stereocenters. The molecule has 0 heterocycles. The molecule has 4 aromatic carbocycles. The first-order valence-corrected chi connectivity index (χ1v) is 14.6. The van der Waals surface area contributed by atoms with Crippen molar-refractivity contribution in [1.82, 2.24) is 4.90 Å². The molecule has 0 unspecified atom stereocenters. The van der Waals surface area contributed by atoms with Crippen molar-refractivity contribution in [3.63, 3.8) is 0 Å². The molecule has 216 valence electrons. The van der Waals surface area contributed by atoms with Gasteiger partial charge in [-0.2, -0.15) is 4.99 Å². The largest absolute Gasteiger partial charge is 0.441 e. The number of carbonyl (C=O) groups is 2. The molecule has 0 aromatic heterocycles. The number of rotatable bonds is 9. The second-order valence-electron chi connectivity index (χ2n) is 9.23. The van der Waals surface area contributed by atoms with E-state index >= 15 is 0 Å². The van der Waals surface area contributed by atoms with Crippen LogP contribution in [0.4, 0.5) is 9.59 Å². The van der Waals surface area contributed by atoms with Crippen molar-refractivity contribution in [1.29, 1.82) is 0 Å². The van der Waals surface area contributed by atoms with Gasteiger partial charge in [-0.05, 0) is 53.9 Å². The zero-order valence-electron chi connectivity index (χ0n) is 22.8. The number of carbonyl (C=O) groups excluding carboxylic acids is 2. The molecule has 2 amide bonds. The Balaban J connectivity index is 1.44. The number of primary sulfonamides is 1. The van der Waals surface area contributed by atoms with Gasteiger partial charge >= 0.3 is 12.2 Å². The van der Waals surface area contributed by atoms with Crippen LogP contribution in [0.15, 0.2) is 113 Å². The minimum absolute atomic E-state index is 0.00450. The number of amidine groups is 1. The second-order valence-corrected chi connectivity index (χ2v) is 10.8. The summed E-state index contributed by atoms with van der Waals surface area (Å²) >= 11 is 0. The topological polar surface area (TPSA) is 154 Å². The van der Waals surface area contributed by atoms with Gasteiger partial charge in [0.2, 0.25) is 10.0 Å². The molecule has 4 N–H and O–H groups in total. The van der Waals surface area contributed by atoms with Crippen molar-refractivity contribution in [3.05, 3.63) is 114 Å². The molecule has 0 aliphatic heterocycles. The van der Waals surface area contributed by atoms with Crippen LogP contribution in [-0.4, -0.2) is 37.9 Å². The van der Waals surface area contributed by atoms with Gasteiger partial charge in [0.05, 0.1) is 4.90 Å². The van der Waals surface area contributed by atoms with Crippen molar-refractivity contribution >= 4 is 28.0 Å². The lowest BCUT2D eigenvalue weighted by Crippen LogP contribution is -2.33. The number of sulfonamides is 1. The van der Waals surface area contributed by atoms with Crippen molar-refractivity contribution in [2.75, 3.05) is 6.54 Å². The fraction of sp³-hybridized carbons (Fsp3) is 0.129. The molecular weight excluding hydrogens is 556 g/mol. The van der Waals surface area contributed by atoms with E-state index in [4.69, 9.17) is 20.3 Å². The minimum Gasteiger partial charge on any atom is -0.410 e. The Morgan fingerprint density at radius 2 is 1.50 bits per heavy atom. The lowest BCUT2D eigenvalue weighted by atomic mass is 10.1. The first-order chi connectivity index (χ1) is 20.1. The summed E-state index contributed by atoms with van der Waals surface area (Å²) in [7, 11) is -3.92. The monoisotopic (exact) mass is 586 g/mol. The van der Waals surface area contributed by atoms with Crippen LogP contribution in [0.3, 0.4) is 0 Å². The van der Waals surface area contributed by atoms with E-state index in [0.717, 1.165) is 5.56 Å². The molecule has 0 aliphatic rings. The summed E-state index contributed by atoms with van der Waals surface area (Å²) in [6.07, 6.45) is -0.722. The van der Waals surface area contributed by atoms with Gasteiger partial charge in [-0.1, -0.05) is 73.7 Å². The van der Waals surface area contributed by atoms with Gasteiger partial charge in [0.15, 0.2) is 0 Å². The minimum atomic E-state index is -3.92. The fourth-order valence-electron chi connectivity index (χ4n) is 4.15. The van der Waals surface area contributed by atoms with E-state index < -0.39 is 22.2 Å². The molecule has 0 radical (unpaired) electrons. The quantitative estimate of drug-likeness (QED) is 0.199. The molecule has 0 bridgehead atoms. The van der Waals surface area contributed by atoms with Gasteiger partial charge in [0.1, 0.15) is 17.3 Å². The molecule has 0 aliphatic carbocycles. The van der Waals surface area contributed by atoms with Crippen molar-refractivity contribution in [2.24, 2.45) is 15.9 Å². The van der Waals surface area contributed by atoms with Gasteiger partial charge < -0.3 is 20.1 Å². The van der Waals surface area contributed by atoms with E-state index in [-0.39, 0.29) is 17.3 Å². The van der Waals surface area contributed by atoms with E-state index in [2.05, 4.69) is 4.99 Å². The number of hydrogen-bond donors (Lipinski definition) is 2. The van der Waals surface area contributed by atoms with Crippen LogP contribution in [0, 0.1) is 0 Å². The van der Waals surface area contributed by atoms with Gasteiger partial charge in [-0.25, -0.2) is 23.1 Å². The van der Waals surface area contributed by atoms with Crippen LogP contribution in [0.5, 0.6) is 11.5 Å². The maximum absolute atomic E-state index is 13.1. The van der Waals surface area contributed by atoms with Crippen LogP contribution in [0.25, 0.3) is 11.1 Å². The number of para-hydroxylation sites is 1. The number of ether oxygens (including phenoxy) is 2. The van der Waals surface area contributed by atoms with E-state index in [0.29, 0.717) is 41.2 Å². The number of nitrogens with zero attached hydrogens (tertiary/aromatic N) is 2. The van der Waals surface area contributed by atoms with E-state index in [1.807, 2.05) is 13.0 Å². The van der Waals surface area contributed by atoms with Crippen molar-refractivity contribution in [2.45, 2.75) is 24.8 Å². The normalized spacial score (nSPS) is 11.5. The Morgan fingerprint density at radius 1 is 0.833 bits per heavy atom. The van der Waals surface area contributed by atoms with Crippen LogP contribution in [0.1, 0.15) is 24.5 Å². The Labute approximate surface area is 244 Å². The summed E-state index contributed by atoms with van der Waals surface area (Å²) in [6, 6.07) is 28.4. The van der Waals surface area contributed by atoms with Crippen LogP contribution < -0.4 is 20.3 Å². The molecule has 0 spiro atoms. The summed E-state index contributed by atoms with van der Waals surface area (Å²) in [6.45, 7) is 2.59. The fourth-order valence-corrected chi connectivity index (χ4v) is 4.91. The molecular formula is C31H30N4O6S. The number of hydrogen-bond acceptors (Lipinski definition) is 6. The highest BCUT2D eigenvalue weighted by Gasteiger charge is 2.18. The predicted molar refractivity (Wildman–Crippen MR) is 160 cm³/mol. The zero-order valence-corrected chi connectivity index (χ0v) is 23.7. The maximum atomic E-state index is 13.1. The third kappa shape index (κ3) is 8.03. The second kappa shape index (κ2) is 13.6. The van der Waals surface area contributed by atoms with Gasteiger partial charge in [0, 0.05) is 24.2 Å². The highest BCUT2D eigenvalue weighted by Crippen LogP contribution is 2.28. The Kier molecular flexibility index (Phi) is 9.69. The molecule has 10 nitrogen and oxygen atoms in total. The van der Waals surface area contributed by atoms with Crippen LogP contribution in [0.2, 0.25) is 0 Å². The van der Waals surface area contributed by atoms with Crippen molar-refractivity contribution < 1.29 is 27.5 Å². The van der Waals surface area contributed by atoms with E-state index in [1.54, 1.807) is 95.9 Å². The summed E-state index contributed by atoms with van der Waals surface area (Å²) in [5, 5.41) is 5.35. The molecule has 0 fully saturated rings. The molecule has 0 saturated heterocycles. The first-order valence-electron chi connectivity index (χ1n) is 13.0. The third-order valence-corrected chi connectivity index (χ3v) is 7.04. The average molecular weight is 587 g/mol. The molecule has 4 aromatic rings. The lowest BCUT2D eigenvalue weighted by molar-refractivity contribution is 0.149. The van der Waals surface area contributed by atoms with E-state index in [1.165, 1.54) is 6.07 Å². The zero-order chi connectivity index (χ0) is 30.1. The highest BCUT2D eigenvalue weighted by molar-refractivity contribution is 7.89. The average Bonchev–Trinajstić information content (AvgIpc) is 2.97. The number of aliphatic imine (C=N–C) groups is 1. The summed E-state index contributed by atoms with van der Waals surface area (Å²) < 4.78 is 34.7. The Morgan fingerprint density at radius 3 is 2.19 bits per heavy atom. The third-order valence-electron chi connectivity index (χ3n) is 6.07. The molecule has 11 heteroatoms. The molecule has 0 saturated carbocycles. The molecule has 4 rings (SSSR count). The Hall–Kier alpha value is -5.00. The van der Waals surface area contributed by atoms with E-state index in [9.17, 15) is 18.0 Å². The molecule has 42 heavy (non-hydrogen) atoms. The lowest BCUT2D eigenvalue weighted by Gasteiger charge is -2.22. The predicted octanol–water partition coefficient (Wildman–Crippen LogP) is 5.32. The summed E-state index contributed by atoms with van der Waals surface area (Å²) in [5.41, 5.74) is 8.36. The smallest absolute Gasteiger partial charge is 0.410 e. The number of amides is 2. The van der Waals surface area contributed by atoms with Crippen LogP contribution >= 0.6 is 0 Å². The van der Waals surface area contributed by atoms with Crippen molar-refractivity contribution in [3.8, 4) is 22.6 Å². The number of nitrogens with two attached hydrogens (primary N) is 2. The summed E-state index contributed by atoms with van der Waals surface area (Å²) in [4.78, 5) is 30.6.